The Bertz CT molecular complexity index is 566. The molecule has 0 aliphatic carbocycles. The maximum Gasteiger partial charge on any atom is 0.274 e. The molecule has 18 heavy (non-hydrogen) atoms. The standard InChI is InChI=1S/C14H15N3O/c1-2-10-5-3-6-11(9-10)16-14(18)12-7-4-8-13(15)17-12/h3-9H,2H2,1H3,(H2,15,17)(H,16,18). The van der Waals surface area contributed by atoms with E-state index in [2.05, 4.69) is 17.2 Å². The van der Waals surface area contributed by atoms with Crippen LogP contribution in [0.2, 0.25) is 0 Å². The van der Waals surface area contributed by atoms with Gasteiger partial charge in [-0.25, -0.2) is 4.98 Å². The van der Waals surface area contributed by atoms with Crippen LogP contribution in [0, 0.1) is 0 Å². The van der Waals surface area contributed by atoms with Gasteiger partial charge in [-0.3, -0.25) is 4.79 Å². The molecule has 0 spiro atoms. The topological polar surface area (TPSA) is 68.0 Å². The predicted molar refractivity (Wildman–Crippen MR) is 72.4 cm³/mol. The smallest absolute Gasteiger partial charge is 0.274 e. The van der Waals surface area contributed by atoms with Crippen LogP contribution in [-0.4, -0.2) is 10.9 Å². The molecule has 0 radical (unpaired) electrons. The summed E-state index contributed by atoms with van der Waals surface area (Å²) in [4.78, 5) is 15.9. The molecule has 0 aliphatic rings. The average Bonchev–Trinajstić information content (AvgIpc) is 2.39. The second-order valence-corrected chi connectivity index (χ2v) is 3.96. The number of carbonyl (C=O) groups excluding carboxylic acids is 1. The van der Waals surface area contributed by atoms with Crippen molar-refractivity contribution in [2.45, 2.75) is 13.3 Å². The Morgan fingerprint density at radius 1 is 1.28 bits per heavy atom. The number of hydrogen-bond acceptors (Lipinski definition) is 3. The summed E-state index contributed by atoms with van der Waals surface area (Å²) in [6, 6.07) is 12.7. The van der Waals surface area contributed by atoms with Crippen LogP contribution in [-0.2, 0) is 6.42 Å². The Morgan fingerprint density at radius 2 is 2.06 bits per heavy atom. The van der Waals surface area contributed by atoms with E-state index in [4.69, 9.17) is 5.73 Å². The number of nitrogens with two attached hydrogens (primary N) is 1. The molecule has 2 aromatic rings. The first kappa shape index (κ1) is 12.1. The van der Waals surface area contributed by atoms with Gasteiger partial charge in [0.1, 0.15) is 11.5 Å². The number of hydrogen-bond donors (Lipinski definition) is 2. The van der Waals surface area contributed by atoms with Crippen LogP contribution in [0.1, 0.15) is 23.0 Å². The van der Waals surface area contributed by atoms with Crippen molar-refractivity contribution in [2.75, 3.05) is 11.1 Å². The zero-order valence-electron chi connectivity index (χ0n) is 10.2. The summed E-state index contributed by atoms with van der Waals surface area (Å²) in [5.74, 6) is 0.0838. The lowest BCUT2D eigenvalue weighted by atomic mass is 10.1. The van der Waals surface area contributed by atoms with Gasteiger partial charge < -0.3 is 11.1 Å². The van der Waals surface area contributed by atoms with Crippen molar-refractivity contribution in [1.29, 1.82) is 0 Å². The Balaban J connectivity index is 2.16. The van der Waals surface area contributed by atoms with Crippen molar-refractivity contribution in [2.24, 2.45) is 0 Å². The second-order valence-electron chi connectivity index (χ2n) is 3.96. The largest absolute Gasteiger partial charge is 0.384 e. The molecule has 1 amide bonds. The molecule has 3 N–H and O–H groups in total. The van der Waals surface area contributed by atoms with Crippen LogP contribution in [0.15, 0.2) is 42.5 Å². The zero-order chi connectivity index (χ0) is 13.0. The molecule has 92 valence electrons. The Kier molecular flexibility index (Phi) is 3.57. The van der Waals surface area contributed by atoms with Gasteiger partial charge in [0.25, 0.3) is 5.91 Å². The van der Waals surface area contributed by atoms with E-state index in [1.165, 1.54) is 5.56 Å². The molecule has 0 unspecified atom stereocenters. The van der Waals surface area contributed by atoms with Crippen LogP contribution < -0.4 is 11.1 Å². The fourth-order valence-corrected chi connectivity index (χ4v) is 1.64. The lowest BCUT2D eigenvalue weighted by molar-refractivity contribution is 0.102. The number of aromatic nitrogens is 1. The van der Waals surface area contributed by atoms with E-state index in [-0.39, 0.29) is 5.91 Å². The first-order valence-corrected chi connectivity index (χ1v) is 5.82. The minimum absolute atomic E-state index is 0.254. The number of anilines is 2. The SMILES string of the molecule is CCc1cccc(NC(=O)c2cccc(N)n2)c1. The van der Waals surface area contributed by atoms with Gasteiger partial charge in [0.2, 0.25) is 0 Å². The van der Waals surface area contributed by atoms with E-state index in [0.29, 0.717) is 11.5 Å². The molecular formula is C14H15N3O. The summed E-state index contributed by atoms with van der Waals surface area (Å²) in [5, 5.41) is 2.80. The highest BCUT2D eigenvalue weighted by Crippen LogP contribution is 2.12. The fraction of sp³-hybridized carbons (Fsp3) is 0.143. The zero-order valence-corrected chi connectivity index (χ0v) is 10.2. The monoisotopic (exact) mass is 241 g/mol. The maximum atomic E-state index is 11.9. The molecule has 2 rings (SSSR count). The Morgan fingerprint density at radius 3 is 2.78 bits per heavy atom. The van der Waals surface area contributed by atoms with E-state index < -0.39 is 0 Å². The second kappa shape index (κ2) is 5.31. The van der Waals surface area contributed by atoms with Gasteiger partial charge in [0.15, 0.2) is 0 Å². The molecule has 0 saturated carbocycles. The number of nitrogen functional groups attached to an aromatic ring is 1. The normalized spacial score (nSPS) is 10.1. The van der Waals surface area contributed by atoms with Crippen LogP contribution in [0.5, 0.6) is 0 Å². The van der Waals surface area contributed by atoms with Crippen LogP contribution >= 0.6 is 0 Å². The summed E-state index contributed by atoms with van der Waals surface area (Å²) < 4.78 is 0. The fourth-order valence-electron chi connectivity index (χ4n) is 1.64. The molecule has 1 aromatic carbocycles. The molecule has 0 atom stereocenters. The highest BCUT2D eigenvalue weighted by molar-refractivity contribution is 6.03. The number of pyridine rings is 1. The van der Waals surface area contributed by atoms with E-state index in [9.17, 15) is 4.79 Å². The minimum atomic E-state index is -0.254. The van der Waals surface area contributed by atoms with Gasteiger partial charge in [-0.2, -0.15) is 0 Å². The van der Waals surface area contributed by atoms with E-state index >= 15 is 0 Å². The van der Waals surface area contributed by atoms with Crippen molar-refractivity contribution in [1.82, 2.24) is 4.98 Å². The summed E-state index contributed by atoms with van der Waals surface area (Å²) in [6.07, 6.45) is 0.931. The molecule has 1 heterocycles. The number of nitrogens with one attached hydrogen (secondary N) is 1. The third kappa shape index (κ3) is 2.85. The van der Waals surface area contributed by atoms with Gasteiger partial charge >= 0.3 is 0 Å². The lowest BCUT2D eigenvalue weighted by Crippen LogP contribution is -2.14. The molecule has 4 nitrogen and oxygen atoms in total. The molecule has 0 bridgehead atoms. The van der Waals surface area contributed by atoms with Gasteiger partial charge in [-0.1, -0.05) is 25.1 Å². The lowest BCUT2D eigenvalue weighted by Gasteiger charge is -2.06. The van der Waals surface area contributed by atoms with Crippen molar-refractivity contribution < 1.29 is 4.79 Å². The quantitative estimate of drug-likeness (QED) is 0.867. The predicted octanol–water partition coefficient (Wildman–Crippen LogP) is 2.48. The first-order chi connectivity index (χ1) is 8.69. The van der Waals surface area contributed by atoms with Gasteiger partial charge in [-0.05, 0) is 36.2 Å². The molecule has 0 fully saturated rings. The highest BCUT2D eigenvalue weighted by atomic mass is 16.1. The van der Waals surface area contributed by atoms with Crippen molar-refractivity contribution in [3.05, 3.63) is 53.7 Å². The van der Waals surface area contributed by atoms with E-state index in [1.54, 1.807) is 18.2 Å². The number of nitrogens with zero attached hydrogens (tertiary/aromatic N) is 1. The Hall–Kier alpha value is -2.36. The average molecular weight is 241 g/mol. The maximum absolute atomic E-state index is 11.9. The molecular weight excluding hydrogens is 226 g/mol. The molecule has 0 saturated heterocycles. The third-order valence-electron chi connectivity index (χ3n) is 2.60. The molecule has 0 aliphatic heterocycles. The number of benzene rings is 1. The Labute approximate surface area is 106 Å². The van der Waals surface area contributed by atoms with E-state index in [1.807, 2.05) is 24.3 Å². The van der Waals surface area contributed by atoms with Gasteiger partial charge in [0.05, 0.1) is 0 Å². The summed E-state index contributed by atoms with van der Waals surface area (Å²) in [7, 11) is 0. The summed E-state index contributed by atoms with van der Waals surface area (Å²) in [6.45, 7) is 2.07. The van der Waals surface area contributed by atoms with Crippen molar-refractivity contribution in [3.63, 3.8) is 0 Å². The highest BCUT2D eigenvalue weighted by Gasteiger charge is 2.07. The van der Waals surface area contributed by atoms with E-state index in [0.717, 1.165) is 12.1 Å². The van der Waals surface area contributed by atoms with Crippen molar-refractivity contribution >= 4 is 17.4 Å². The van der Waals surface area contributed by atoms with Crippen LogP contribution in [0.4, 0.5) is 11.5 Å². The number of aryl methyl sites for hydroxylation is 1. The van der Waals surface area contributed by atoms with Gasteiger partial charge in [0, 0.05) is 5.69 Å². The summed E-state index contributed by atoms with van der Waals surface area (Å²) >= 11 is 0. The van der Waals surface area contributed by atoms with Crippen molar-refractivity contribution in [3.8, 4) is 0 Å². The van der Waals surface area contributed by atoms with Gasteiger partial charge in [-0.15, -0.1) is 0 Å². The number of rotatable bonds is 3. The minimum Gasteiger partial charge on any atom is -0.384 e. The first-order valence-electron chi connectivity index (χ1n) is 5.82. The third-order valence-corrected chi connectivity index (χ3v) is 2.60. The number of amides is 1. The summed E-state index contributed by atoms with van der Waals surface area (Å²) in [5.41, 5.74) is 7.80. The van der Waals surface area contributed by atoms with Crippen LogP contribution in [0.3, 0.4) is 0 Å². The van der Waals surface area contributed by atoms with Crippen LogP contribution in [0.25, 0.3) is 0 Å². The number of carbonyl (C=O) groups is 1. The molecule has 1 aromatic heterocycles. The molecule has 4 heteroatoms.